The number of amides is 1. The largest absolute Gasteiger partial charge is 0.497 e. The van der Waals surface area contributed by atoms with Crippen molar-refractivity contribution >= 4 is 11.6 Å². The number of ether oxygens (including phenoxy) is 1. The van der Waals surface area contributed by atoms with Crippen molar-refractivity contribution in [3.8, 4) is 5.75 Å². The lowest BCUT2D eigenvalue weighted by atomic mass is 9.84. The van der Waals surface area contributed by atoms with Gasteiger partial charge in [-0.1, -0.05) is 30.3 Å². The van der Waals surface area contributed by atoms with E-state index in [1.54, 1.807) is 7.11 Å². The number of nitrogens with zero attached hydrogens (tertiary/aromatic N) is 2. The summed E-state index contributed by atoms with van der Waals surface area (Å²) in [6.45, 7) is 9.85. The molecule has 1 amide bonds. The molecule has 0 aromatic heterocycles. The van der Waals surface area contributed by atoms with E-state index in [0.29, 0.717) is 6.54 Å². The van der Waals surface area contributed by atoms with E-state index in [2.05, 4.69) is 27.2 Å². The number of nitrogens with one attached hydrogen (secondary N) is 1. The zero-order chi connectivity index (χ0) is 20.7. The standard InChI is InChI=1S/C24H33N3O2/c1-24(2,20-8-5-4-6-9-20)23(28)25-14-7-15-26-16-18-27(19-17-26)21-10-12-22(29-3)13-11-21/h4-6,8-13H,7,14-19H2,1-3H3,(H,25,28). The van der Waals surface area contributed by atoms with Crippen molar-refractivity contribution in [2.24, 2.45) is 0 Å². The van der Waals surface area contributed by atoms with Gasteiger partial charge in [0.15, 0.2) is 0 Å². The van der Waals surface area contributed by atoms with Crippen LogP contribution in [-0.4, -0.2) is 57.2 Å². The maximum Gasteiger partial charge on any atom is 0.230 e. The van der Waals surface area contributed by atoms with Crippen molar-refractivity contribution in [1.82, 2.24) is 10.2 Å². The second kappa shape index (κ2) is 9.79. The highest BCUT2D eigenvalue weighted by molar-refractivity contribution is 5.87. The Morgan fingerprint density at radius 3 is 2.28 bits per heavy atom. The Labute approximate surface area is 174 Å². The molecule has 1 heterocycles. The van der Waals surface area contributed by atoms with Crippen LogP contribution < -0.4 is 15.0 Å². The summed E-state index contributed by atoms with van der Waals surface area (Å²) in [5.74, 6) is 0.984. The van der Waals surface area contributed by atoms with Gasteiger partial charge in [0.05, 0.1) is 12.5 Å². The Morgan fingerprint density at radius 1 is 1.00 bits per heavy atom. The number of piperazine rings is 1. The van der Waals surface area contributed by atoms with Gasteiger partial charge < -0.3 is 15.0 Å². The Bertz CT molecular complexity index is 766. The van der Waals surface area contributed by atoms with Crippen molar-refractivity contribution < 1.29 is 9.53 Å². The molecular formula is C24H33N3O2. The van der Waals surface area contributed by atoms with E-state index in [0.717, 1.165) is 50.5 Å². The number of carbonyl (C=O) groups is 1. The van der Waals surface area contributed by atoms with E-state index in [4.69, 9.17) is 4.74 Å². The fraction of sp³-hybridized carbons (Fsp3) is 0.458. The van der Waals surface area contributed by atoms with E-state index >= 15 is 0 Å². The number of carbonyl (C=O) groups excluding carboxylic acids is 1. The number of anilines is 1. The maximum atomic E-state index is 12.6. The van der Waals surface area contributed by atoms with Crippen LogP contribution in [0.15, 0.2) is 54.6 Å². The third kappa shape index (κ3) is 5.51. The summed E-state index contributed by atoms with van der Waals surface area (Å²) in [5, 5.41) is 3.12. The molecule has 0 spiro atoms. The number of hydrogen-bond acceptors (Lipinski definition) is 4. The van der Waals surface area contributed by atoms with Gasteiger partial charge in [-0.3, -0.25) is 9.69 Å². The minimum Gasteiger partial charge on any atom is -0.497 e. The average molecular weight is 396 g/mol. The van der Waals surface area contributed by atoms with Gasteiger partial charge in [0, 0.05) is 38.4 Å². The molecule has 3 rings (SSSR count). The van der Waals surface area contributed by atoms with E-state index in [1.807, 2.05) is 56.3 Å². The van der Waals surface area contributed by atoms with Crippen molar-refractivity contribution in [2.45, 2.75) is 25.7 Å². The van der Waals surface area contributed by atoms with Crippen LogP contribution >= 0.6 is 0 Å². The Hall–Kier alpha value is -2.53. The quantitative estimate of drug-likeness (QED) is 0.697. The number of benzene rings is 2. The van der Waals surface area contributed by atoms with Gasteiger partial charge >= 0.3 is 0 Å². The minimum atomic E-state index is -0.509. The summed E-state index contributed by atoms with van der Waals surface area (Å²) in [5.41, 5.74) is 1.79. The number of hydrogen-bond donors (Lipinski definition) is 1. The van der Waals surface area contributed by atoms with Crippen LogP contribution in [0.5, 0.6) is 5.75 Å². The number of methoxy groups -OCH3 is 1. The van der Waals surface area contributed by atoms with Gasteiger partial charge in [0.25, 0.3) is 0 Å². The molecular weight excluding hydrogens is 362 g/mol. The normalized spacial score (nSPS) is 15.2. The molecule has 29 heavy (non-hydrogen) atoms. The minimum absolute atomic E-state index is 0.0908. The Morgan fingerprint density at radius 2 is 1.66 bits per heavy atom. The van der Waals surface area contributed by atoms with E-state index in [9.17, 15) is 4.79 Å². The highest BCUT2D eigenvalue weighted by Gasteiger charge is 2.29. The molecule has 2 aromatic carbocycles. The molecule has 156 valence electrons. The topological polar surface area (TPSA) is 44.8 Å². The van der Waals surface area contributed by atoms with E-state index < -0.39 is 5.41 Å². The molecule has 1 N–H and O–H groups in total. The smallest absolute Gasteiger partial charge is 0.230 e. The summed E-state index contributed by atoms with van der Waals surface area (Å²) >= 11 is 0. The van der Waals surface area contributed by atoms with Gasteiger partial charge in [-0.25, -0.2) is 0 Å². The zero-order valence-corrected chi connectivity index (χ0v) is 17.9. The van der Waals surface area contributed by atoms with Gasteiger partial charge in [-0.2, -0.15) is 0 Å². The number of rotatable bonds is 8. The summed E-state index contributed by atoms with van der Waals surface area (Å²) in [7, 11) is 1.69. The molecule has 0 bridgehead atoms. The van der Waals surface area contributed by atoms with Crippen molar-refractivity contribution in [2.75, 3.05) is 51.3 Å². The molecule has 2 aromatic rings. The van der Waals surface area contributed by atoms with Crippen molar-refractivity contribution in [1.29, 1.82) is 0 Å². The second-order valence-electron chi connectivity index (χ2n) is 8.13. The predicted molar refractivity (Wildman–Crippen MR) is 119 cm³/mol. The molecule has 0 unspecified atom stereocenters. The molecule has 1 fully saturated rings. The molecule has 0 saturated carbocycles. The molecule has 5 heteroatoms. The summed E-state index contributed by atoms with van der Waals surface area (Å²) < 4.78 is 5.23. The molecule has 1 aliphatic heterocycles. The van der Waals surface area contributed by atoms with Crippen LogP contribution in [0.2, 0.25) is 0 Å². The van der Waals surface area contributed by atoms with Crippen molar-refractivity contribution in [3.05, 3.63) is 60.2 Å². The first-order valence-electron chi connectivity index (χ1n) is 10.5. The van der Waals surface area contributed by atoms with Crippen LogP contribution in [0.25, 0.3) is 0 Å². The average Bonchev–Trinajstić information content (AvgIpc) is 2.77. The fourth-order valence-corrected chi connectivity index (χ4v) is 3.73. The summed E-state index contributed by atoms with van der Waals surface area (Å²) in [6, 6.07) is 18.3. The summed E-state index contributed by atoms with van der Waals surface area (Å²) in [6.07, 6.45) is 0.971. The fourth-order valence-electron chi connectivity index (χ4n) is 3.73. The lowest BCUT2D eigenvalue weighted by Gasteiger charge is -2.36. The first-order valence-corrected chi connectivity index (χ1v) is 10.5. The van der Waals surface area contributed by atoms with Crippen LogP contribution in [0.1, 0.15) is 25.8 Å². The maximum absolute atomic E-state index is 12.6. The SMILES string of the molecule is COc1ccc(N2CCN(CCCNC(=O)C(C)(C)c3ccccc3)CC2)cc1. The summed E-state index contributed by atoms with van der Waals surface area (Å²) in [4.78, 5) is 17.5. The van der Waals surface area contributed by atoms with E-state index in [1.165, 1.54) is 5.69 Å². The predicted octanol–water partition coefficient (Wildman–Crippen LogP) is 3.30. The lowest BCUT2D eigenvalue weighted by molar-refractivity contribution is -0.125. The van der Waals surface area contributed by atoms with Gasteiger partial charge in [-0.15, -0.1) is 0 Å². The highest BCUT2D eigenvalue weighted by Crippen LogP contribution is 2.23. The lowest BCUT2D eigenvalue weighted by Crippen LogP contribution is -2.47. The molecule has 5 nitrogen and oxygen atoms in total. The van der Waals surface area contributed by atoms with Gasteiger partial charge in [0.2, 0.25) is 5.91 Å². The van der Waals surface area contributed by atoms with Crippen LogP contribution in [0.3, 0.4) is 0 Å². The molecule has 1 aliphatic rings. The van der Waals surface area contributed by atoms with Gasteiger partial charge in [0.1, 0.15) is 5.75 Å². The molecule has 0 radical (unpaired) electrons. The molecule has 1 saturated heterocycles. The Balaban J connectivity index is 1.37. The van der Waals surface area contributed by atoms with Gasteiger partial charge in [-0.05, 0) is 56.6 Å². The second-order valence-corrected chi connectivity index (χ2v) is 8.13. The van der Waals surface area contributed by atoms with Crippen molar-refractivity contribution in [3.63, 3.8) is 0 Å². The monoisotopic (exact) mass is 395 g/mol. The Kier molecular flexibility index (Phi) is 7.15. The first kappa shape index (κ1) is 21.2. The van der Waals surface area contributed by atoms with E-state index in [-0.39, 0.29) is 5.91 Å². The van der Waals surface area contributed by atoms with Crippen LogP contribution in [-0.2, 0) is 10.2 Å². The van der Waals surface area contributed by atoms with Crippen LogP contribution in [0, 0.1) is 0 Å². The third-order valence-corrected chi connectivity index (χ3v) is 5.81. The molecule has 0 aliphatic carbocycles. The zero-order valence-electron chi connectivity index (χ0n) is 17.9. The first-order chi connectivity index (χ1) is 14.0. The van der Waals surface area contributed by atoms with Crippen LogP contribution in [0.4, 0.5) is 5.69 Å². The highest BCUT2D eigenvalue weighted by atomic mass is 16.5. The third-order valence-electron chi connectivity index (χ3n) is 5.81. The molecule has 0 atom stereocenters.